The van der Waals surface area contributed by atoms with Gasteiger partial charge in [-0.25, -0.2) is 4.79 Å². The molecule has 0 aliphatic carbocycles. The second-order valence-corrected chi connectivity index (χ2v) is 5.86. The Morgan fingerprint density at radius 3 is 2.52 bits per heavy atom. The van der Waals surface area contributed by atoms with Crippen molar-refractivity contribution in [2.45, 2.75) is 6.54 Å². The number of benzene rings is 2. The second-order valence-electron chi connectivity index (χ2n) is 5.86. The molecule has 0 radical (unpaired) electrons. The largest absolute Gasteiger partial charge is 0.493 e. The third-order valence-electron chi connectivity index (χ3n) is 3.76. The molecule has 0 unspecified atom stereocenters. The number of carbonyl (C=O) groups excluding carboxylic acids is 1. The number of ether oxygens (including phenoxy) is 2. The number of amides is 2. The third kappa shape index (κ3) is 6.57. The molecule has 6 nitrogen and oxygen atoms in total. The van der Waals surface area contributed by atoms with Crippen molar-refractivity contribution in [3.63, 3.8) is 0 Å². The lowest BCUT2D eigenvalue weighted by atomic mass is 10.2. The molecule has 0 heterocycles. The molecule has 2 aromatic carbocycles. The van der Waals surface area contributed by atoms with Gasteiger partial charge in [-0.05, 0) is 24.7 Å². The van der Waals surface area contributed by atoms with E-state index in [1.165, 1.54) is 12.7 Å². The Labute approximate surface area is 160 Å². The highest BCUT2D eigenvalue weighted by Gasteiger charge is 2.11. The molecule has 27 heavy (non-hydrogen) atoms. The first-order chi connectivity index (χ1) is 13.1. The van der Waals surface area contributed by atoms with Gasteiger partial charge in [0.1, 0.15) is 0 Å². The Bertz CT molecular complexity index is 797. The van der Waals surface area contributed by atoms with Crippen molar-refractivity contribution >= 4 is 11.7 Å². The molecular formula is C21H25N3O3. The van der Waals surface area contributed by atoms with Crippen molar-refractivity contribution in [2.24, 2.45) is 0 Å². The fourth-order valence-electron chi connectivity index (χ4n) is 2.48. The number of para-hydroxylation sites is 1. The summed E-state index contributed by atoms with van der Waals surface area (Å²) in [5, 5.41) is 5.44. The van der Waals surface area contributed by atoms with Crippen LogP contribution in [0.1, 0.15) is 5.56 Å². The van der Waals surface area contributed by atoms with E-state index in [1.54, 1.807) is 25.3 Å². The van der Waals surface area contributed by atoms with Gasteiger partial charge < -0.3 is 20.1 Å². The van der Waals surface area contributed by atoms with Gasteiger partial charge in [0.2, 0.25) is 0 Å². The van der Waals surface area contributed by atoms with E-state index in [0.717, 1.165) is 6.54 Å². The minimum absolute atomic E-state index is 0.261. The molecule has 6 heteroatoms. The molecule has 0 atom stereocenters. The number of nitrogens with one attached hydrogen (secondary N) is 2. The average molecular weight is 367 g/mol. The van der Waals surface area contributed by atoms with Crippen LogP contribution in [0.3, 0.4) is 0 Å². The SMILES string of the molecule is COc1cccc(NC(=O)NCC#CCN(C)Cc2ccccc2)c1OC. The van der Waals surface area contributed by atoms with Gasteiger partial charge in [0.05, 0.1) is 33.0 Å². The van der Waals surface area contributed by atoms with Crippen LogP contribution in [0.25, 0.3) is 0 Å². The highest BCUT2D eigenvalue weighted by molar-refractivity contribution is 5.91. The van der Waals surface area contributed by atoms with Gasteiger partial charge in [-0.3, -0.25) is 4.90 Å². The lowest BCUT2D eigenvalue weighted by Gasteiger charge is -2.13. The topological polar surface area (TPSA) is 62.8 Å². The number of hydrogen-bond acceptors (Lipinski definition) is 4. The van der Waals surface area contributed by atoms with Crippen LogP contribution >= 0.6 is 0 Å². The number of rotatable bonds is 7. The van der Waals surface area contributed by atoms with E-state index in [4.69, 9.17) is 9.47 Å². The molecule has 0 bridgehead atoms. The summed E-state index contributed by atoms with van der Waals surface area (Å²) in [7, 11) is 5.08. The van der Waals surface area contributed by atoms with Crippen molar-refractivity contribution < 1.29 is 14.3 Å². The summed E-state index contributed by atoms with van der Waals surface area (Å²) in [5.74, 6) is 7.03. The zero-order valence-corrected chi connectivity index (χ0v) is 15.9. The van der Waals surface area contributed by atoms with Crippen molar-refractivity contribution in [2.75, 3.05) is 39.7 Å². The van der Waals surface area contributed by atoms with Crippen LogP contribution < -0.4 is 20.1 Å². The monoisotopic (exact) mass is 367 g/mol. The van der Waals surface area contributed by atoms with Crippen molar-refractivity contribution in [3.05, 3.63) is 54.1 Å². The maximum Gasteiger partial charge on any atom is 0.320 e. The minimum atomic E-state index is -0.353. The predicted molar refractivity (Wildman–Crippen MR) is 107 cm³/mol. The summed E-state index contributed by atoms with van der Waals surface area (Å²) in [6.07, 6.45) is 0. The zero-order chi connectivity index (χ0) is 19.5. The van der Waals surface area contributed by atoms with E-state index in [2.05, 4.69) is 39.5 Å². The Morgan fingerprint density at radius 2 is 1.81 bits per heavy atom. The molecule has 2 rings (SSSR count). The van der Waals surface area contributed by atoms with Gasteiger partial charge in [-0.15, -0.1) is 0 Å². The van der Waals surface area contributed by atoms with E-state index in [9.17, 15) is 4.79 Å². The fraction of sp³-hybridized carbons (Fsp3) is 0.286. The van der Waals surface area contributed by atoms with E-state index < -0.39 is 0 Å². The Kier molecular flexibility index (Phi) is 8.01. The molecule has 142 valence electrons. The Morgan fingerprint density at radius 1 is 1.04 bits per heavy atom. The standard InChI is InChI=1S/C21H25N3O3/c1-24(16-17-10-5-4-6-11-17)15-8-7-14-22-21(25)23-18-12-9-13-19(26-2)20(18)27-3/h4-6,9-13H,14-16H2,1-3H3,(H2,22,23,25). The number of carbonyl (C=O) groups is 1. The van der Waals surface area contributed by atoms with Crippen LogP contribution in [0, 0.1) is 11.8 Å². The molecule has 2 N–H and O–H groups in total. The van der Waals surface area contributed by atoms with Gasteiger partial charge in [0.25, 0.3) is 0 Å². The summed E-state index contributed by atoms with van der Waals surface area (Å²) in [6, 6.07) is 15.1. The average Bonchev–Trinajstić information content (AvgIpc) is 2.68. The molecule has 0 aliphatic rings. The smallest absolute Gasteiger partial charge is 0.320 e. The zero-order valence-electron chi connectivity index (χ0n) is 15.9. The Hall–Kier alpha value is -3.17. The maximum absolute atomic E-state index is 12.0. The quantitative estimate of drug-likeness (QED) is 0.739. The van der Waals surface area contributed by atoms with Crippen LogP contribution in [0.4, 0.5) is 10.5 Å². The molecule has 0 spiro atoms. The summed E-state index contributed by atoms with van der Waals surface area (Å²) >= 11 is 0. The molecule has 2 amide bonds. The number of nitrogens with zero attached hydrogens (tertiary/aromatic N) is 1. The van der Waals surface area contributed by atoms with Gasteiger partial charge in [0.15, 0.2) is 11.5 Å². The van der Waals surface area contributed by atoms with Crippen LogP contribution in [-0.4, -0.2) is 45.3 Å². The lowest BCUT2D eigenvalue weighted by Crippen LogP contribution is -2.29. The molecule has 2 aromatic rings. The third-order valence-corrected chi connectivity index (χ3v) is 3.76. The van der Waals surface area contributed by atoms with Crippen LogP contribution in [0.15, 0.2) is 48.5 Å². The summed E-state index contributed by atoms with van der Waals surface area (Å²) < 4.78 is 10.5. The first kappa shape index (κ1) is 20.1. The van der Waals surface area contributed by atoms with E-state index in [0.29, 0.717) is 23.7 Å². The van der Waals surface area contributed by atoms with Gasteiger partial charge >= 0.3 is 6.03 Å². The summed E-state index contributed by atoms with van der Waals surface area (Å²) in [5.41, 5.74) is 1.77. The van der Waals surface area contributed by atoms with E-state index >= 15 is 0 Å². The van der Waals surface area contributed by atoms with Crippen molar-refractivity contribution in [1.29, 1.82) is 0 Å². The first-order valence-electron chi connectivity index (χ1n) is 8.58. The number of hydrogen-bond donors (Lipinski definition) is 2. The molecular weight excluding hydrogens is 342 g/mol. The second kappa shape index (κ2) is 10.7. The normalized spacial score (nSPS) is 9.93. The summed E-state index contributed by atoms with van der Waals surface area (Å²) in [6.45, 7) is 1.72. The van der Waals surface area contributed by atoms with Gasteiger partial charge in [-0.2, -0.15) is 0 Å². The molecule has 0 aromatic heterocycles. The highest BCUT2D eigenvalue weighted by atomic mass is 16.5. The first-order valence-corrected chi connectivity index (χ1v) is 8.58. The maximum atomic E-state index is 12.0. The van der Waals surface area contributed by atoms with Crippen molar-refractivity contribution in [3.8, 4) is 23.3 Å². The van der Waals surface area contributed by atoms with Crippen LogP contribution in [0.5, 0.6) is 11.5 Å². The minimum Gasteiger partial charge on any atom is -0.493 e. The lowest BCUT2D eigenvalue weighted by molar-refractivity contribution is 0.253. The fourth-order valence-corrected chi connectivity index (χ4v) is 2.48. The van der Waals surface area contributed by atoms with Crippen LogP contribution in [0.2, 0.25) is 0 Å². The van der Waals surface area contributed by atoms with Gasteiger partial charge in [0, 0.05) is 6.54 Å². The Balaban J connectivity index is 1.76. The number of methoxy groups -OCH3 is 2. The highest BCUT2D eigenvalue weighted by Crippen LogP contribution is 2.34. The molecule has 0 fully saturated rings. The number of urea groups is 1. The molecule has 0 aliphatic heterocycles. The van der Waals surface area contributed by atoms with Crippen LogP contribution in [-0.2, 0) is 6.54 Å². The molecule has 0 saturated carbocycles. The van der Waals surface area contributed by atoms with Gasteiger partial charge in [-0.1, -0.05) is 48.2 Å². The molecule has 0 saturated heterocycles. The van der Waals surface area contributed by atoms with E-state index in [-0.39, 0.29) is 12.6 Å². The number of anilines is 1. The summed E-state index contributed by atoms with van der Waals surface area (Å²) in [4.78, 5) is 14.1. The van der Waals surface area contributed by atoms with Crippen molar-refractivity contribution in [1.82, 2.24) is 10.2 Å². The predicted octanol–water partition coefficient (Wildman–Crippen LogP) is 2.96. The van der Waals surface area contributed by atoms with E-state index in [1.807, 2.05) is 25.2 Å².